The van der Waals surface area contributed by atoms with Crippen molar-refractivity contribution in [2.45, 2.75) is 46.1 Å². The molecule has 10 nitrogen and oxygen atoms in total. The SMILES string of the molecule is CCCc1nc2c(C)cc(-c3nc4ccccc4n3C)cc2n1Cc1ccc(-c2ccccc2C(=O)OCCCCO[N+](=O)[O-])cc1. The Morgan fingerprint density at radius 3 is 2.40 bits per heavy atom. The lowest BCUT2D eigenvalue weighted by molar-refractivity contribution is -0.757. The first-order valence-electron chi connectivity index (χ1n) is 15.9. The third kappa shape index (κ3) is 6.72. The fourth-order valence-corrected chi connectivity index (χ4v) is 6.04. The molecule has 47 heavy (non-hydrogen) atoms. The van der Waals surface area contributed by atoms with E-state index in [1.54, 1.807) is 6.07 Å². The number of imidazole rings is 2. The Kier molecular flexibility index (Phi) is 9.28. The monoisotopic (exact) mass is 631 g/mol. The lowest BCUT2D eigenvalue weighted by Crippen LogP contribution is -2.09. The average Bonchev–Trinajstić information content (AvgIpc) is 3.60. The van der Waals surface area contributed by atoms with Gasteiger partial charge in [0.1, 0.15) is 11.6 Å². The maximum atomic E-state index is 12.9. The number of carbonyl (C=O) groups excluding carboxylic acids is 1. The van der Waals surface area contributed by atoms with Gasteiger partial charge in [-0.3, -0.25) is 0 Å². The van der Waals surface area contributed by atoms with Crippen LogP contribution < -0.4 is 0 Å². The van der Waals surface area contributed by atoms with E-state index in [-0.39, 0.29) is 13.2 Å². The maximum Gasteiger partial charge on any atom is 0.338 e. The van der Waals surface area contributed by atoms with Crippen LogP contribution in [-0.4, -0.2) is 43.4 Å². The van der Waals surface area contributed by atoms with Crippen molar-refractivity contribution in [3.05, 3.63) is 118 Å². The van der Waals surface area contributed by atoms with Crippen molar-refractivity contribution in [1.29, 1.82) is 0 Å². The number of rotatable bonds is 13. The molecule has 0 N–H and O–H groups in total. The lowest BCUT2D eigenvalue weighted by atomic mass is 9.98. The van der Waals surface area contributed by atoms with Crippen LogP contribution >= 0.6 is 0 Å². The van der Waals surface area contributed by atoms with E-state index in [1.807, 2.05) is 48.5 Å². The molecule has 2 heterocycles. The summed E-state index contributed by atoms with van der Waals surface area (Å²) < 4.78 is 9.92. The number of para-hydroxylation sites is 2. The Hall–Kier alpha value is -5.51. The summed E-state index contributed by atoms with van der Waals surface area (Å²) in [6.07, 6.45) is 2.74. The van der Waals surface area contributed by atoms with E-state index in [4.69, 9.17) is 14.7 Å². The number of nitrogens with zero attached hydrogens (tertiary/aromatic N) is 5. The van der Waals surface area contributed by atoms with Crippen LogP contribution in [-0.2, 0) is 29.6 Å². The number of ether oxygens (including phenoxy) is 1. The molecule has 0 aliphatic carbocycles. The molecule has 0 atom stereocenters. The van der Waals surface area contributed by atoms with Crippen LogP contribution in [0.5, 0.6) is 0 Å². The van der Waals surface area contributed by atoms with E-state index in [0.29, 0.717) is 24.9 Å². The topological polar surface area (TPSA) is 114 Å². The van der Waals surface area contributed by atoms with Gasteiger partial charge >= 0.3 is 5.97 Å². The van der Waals surface area contributed by atoms with Crippen molar-refractivity contribution in [2.75, 3.05) is 13.2 Å². The Bertz CT molecular complexity index is 2060. The zero-order chi connectivity index (χ0) is 32.9. The molecule has 0 spiro atoms. The predicted molar refractivity (Wildman–Crippen MR) is 182 cm³/mol. The number of aryl methyl sites for hydroxylation is 3. The molecular weight excluding hydrogens is 594 g/mol. The fourth-order valence-electron chi connectivity index (χ4n) is 6.04. The van der Waals surface area contributed by atoms with E-state index < -0.39 is 11.1 Å². The largest absolute Gasteiger partial charge is 0.462 e. The number of fused-ring (bicyclic) bond motifs is 2. The van der Waals surface area contributed by atoms with E-state index in [2.05, 4.69) is 65.2 Å². The van der Waals surface area contributed by atoms with Crippen molar-refractivity contribution >= 4 is 28.0 Å². The number of hydrogen-bond donors (Lipinski definition) is 0. The molecule has 0 radical (unpaired) electrons. The Morgan fingerprint density at radius 2 is 1.64 bits per heavy atom. The highest BCUT2D eigenvalue weighted by Crippen LogP contribution is 2.31. The molecule has 0 amide bonds. The van der Waals surface area contributed by atoms with Crippen LogP contribution in [0.15, 0.2) is 84.9 Å². The summed E-state index contributed by atoms with van der Waals surface area (Å²) in [5, 5.41) is 9.47. The van der Waals surface area contributed by atoms with Crippen LogP contribution in [0.1, 0.15) is 53.5 Å². The van der Waals surface area contributed by atoms with Gasteiger partial charge in [-0.25, -0.2) is 14.8 Å². The minimum Gasteiger partial charge on any atom is -0.462 e. The van der Waals surface area contributed by atoms with Crippen molar-refractivity contribution < 1.29 is 19.5 Å². The molecule has 0 fully saturated rings. The van der Waals surface area contributed by atoms with Gasteiger partial charge in [0, 0.05) is 25.6 Å². The summed E-state index contributed by atoms with van der Waals surface area (Å²) >= 11 is 0. The number of esters is 1. The van der Waals surface area contributed by atoms with E-state index >= 15 is 0 Å². The normalized spacial score (nSPS) is 11.3. The molecule has 10 heteroatoms. The standard InChI is InChI=1S/C37H37N5O5/c1-4-11-34-39-35-25(2)22-28(36-38-31-14-7-8-15-32(31)40(36)3)23-33(35)41(34)24-26-16-18-27(19-17-26)29-12-5-6-13-30(29)37(43)46-20-9-10-21-47-42(44)45/h5-8,12-19,22-23H,4,9-11,20-21,24H2,1-3H3. The van der Waals surface area contributed by atoms with Crippen LogP contribution in [0, 0.1) is 17.0 Å². The molecular formula is C37H37N5O5. The second-order valence-corrected chi connectivity index (χ2v) is 11.7. The van der Waals surface area contributed by atoms with Gasteiger partial charge < -0.3 is 18.7 Å². The molecule has 6 aromatic rings. The summed E-state index contributed by atoms with van der Waals surface area (Å²) in [6, 6.07) is 28.2. The predicted octanol–water partition coefficient (Wildman–Crippen LogP) is 7.71. The molecule has 6 rings (SSSR count). The summed E-state index contributed by atoms with van der Waals surface area (Å²) in [7, 11) is 2.06. The van der Waals surface area contributed by atoms with Gasteiger partial charge in [-0.1, -0.05) is 61.5 Å². The molecule has 0 bridgehead atoms. The van der Waals surface area contributed by atoms with E-state index in [9.17, 15) is 14.9 Å². The summed E-state index contributed by atoms with van der Waals surface area (Å²) in [6.45, 7) is 5.07. The molecule has 2 aromatic heterocycles. The van der Waals surface area contributed by atoms with Crippen molar-refractivity contribution in [3.8, 4) is 22.5 Å². The number of aromatic nitrogens is 4. The smallest absolute Gasteiger partial charge is 0.338 e. The van der Waals surface area contributed by atoms with Crippen LogP contribution in [0.2, 0.25) is 0 Å². The quantitative estimate of drug-likeness (QED) is 0.0555. The van der Waals surface area contributed by atoms with Gasteiger partial charge in [0.05, 0.1) is 40.8 Å². The number of unbranched alkanes of at least 4 members (excludes halogenated alkanes) is 1. The number of benzene rings is 4. The highest BCUT2D eigenvalue weighted by Gasteiger charge is 2.18. The summed E-state index contributed by atoms with van der Waals surface area (Å²) in [4.78, 5) is 37.6. The molecule has 0 saturated heterocycles. The zero-order valence-corrected chi connectivity index (χ0v) is 26.8. The third-order valence-corrected chi connectivity index (χ3v) is 8.36. The minimum atomic E-state index is -0.822. The van der Waals surface area contributed by atoms with Gasteiger partial charge in [-0.05, 0) is 78.8 Å². The first-order chi connectivity index (χ1) is 22.8. The summed E-state index contributed by atoms with van der Waals surface area (Å²) in [5.74, 6) is 1.54. The van der Waals surface area contributed by atoms with E-state index in [1.165, 1.54) is 0 Å². The van der Waals surface area contributed by atoms with Gasteiger partial charge in [0.2, 0.25) is 0 Å². The Balaban J connectivity index is 1.25. The van der Waals surface area contributed by atoms with Gasteiger partial charge in [0.25, 0.3) is 5.09 Å². The Labute approximate surface area is 272 Å². The lowest BCUT2D eigenvalue weighted by Gasteiger charge is -2.13. The van der Waals surface area contributed by atoms with E-state index in [0.717, 1.165) is 74.4 Å². The average molecular weight is 632 g/mol. The number of carbonyl (C=O) groups is 1. The van der Waals surface area contributed by atoms with Gasteiger partial charge in [-0.15, -0.1) is 10.1 Å². The van der Waals surface area contributed by atoms with Crippen molar-refractivity contribution in [2.24, 2.45) is 7.05 Å². The molecule has 0 aliphatic rings. The number of hydrogen-bond acceptors (Lipinski definition) is 7. The first kappa shape index (κ1) is 31.5. The molecule has 240 valence electrons. The van der Waals surface area contributed by atoms with Gasteiger partial charge in [-0.2, -0.15) is 0 Å². The molecule has 4 aromatic carbocycles. The fraction of sp³-hybridized carbons (Fsp3) is 0.270. The second kappa shape index (κ2) is 13.9. The maximum absolute atomic E-state index is 12.9. The molecule has 0 unspecified atom stereocenters. The van der Waals surface area contributed by atoms with Crippen LogP contribution in [0.4, 0.5) is 0 Å². The first-order valence-corrected chi connectivity index (χ1v) is 15.9. The van der Waals surface area contributed by atoms with Crippen molar-refractivity contribution in [1.82, 2.24) is 19.1 Å². The van der Waals surface area contributed by atoms with Crippen LogP contribution in [0.3, 0.4) is 0 Å². The van der Waals surface area contributed by atoms with Crippen LogP contribution in [0.25, 0.3) is 44.6 Å². The second-order valence-electron chi connectivity index (χ2n) is 11.7. The molecule has 0 aliphatic heterocycles. The zero-order valence-electron chi connectivity index (χ0n) is 26.8. The third-order valence-electron chi connectivity index (χ3n) is 8.36. The van der Waals surface area contributed by atoms with Gasteiger partial charge in [0.15, 0.2) is 0 Å². The summed E-state index contributed by atoms with van der Waals surface area (Å²) in [5.41, 5.74) is 9.60. The highest BCUT2D eigenvalue weighted by atomic mass is 16.9. The Morgan fingerprint density at radius 1 is 0.894 bits per heavy atom. The van der Waals surface area contributed by atoms with Crippen molar-refractivity contribution in [3.63, 3.8) is 0 Å². The highest BCUT2D eigenvalue weighted by molar-refractivity contribution is 5.97. The molecule has 0 saturated carbocycles. The minimum absolute atomic E-state index is 0.0233.